The minimum absolute atomic E-state index is 0.00891. The summed E-state index contributed by atoms with van der Waals surface area (Å²) in [5.74, 6) is 0.860. The molecule has 0 aliphatic rings. The van der Waals surface area contributed by atoms with E-state index in [-0.39, 0.29) is 25.0 Å². The van der Waals surface area contributed by atoms with E-state index in [0.717, 1.165) is 18.6 Å². The molecule has 0 heterocycles. The third kappa shape index (κ3) is 6.47. The predicted octanol–water partition coefficient (Wildman–Crippen LogP) is 1.45. The summed E-state index contributed by atoms with van der Waals surface area (Å²) < 4.78 is 10.4. The third-order valence-electron chi connectivity index (χ3n) is 3.14. The number of hydrogen-bond acceptors (Lipinski definition) is 4. The molecule has 0 fully saturated rings. The highest BCUT2D eigenvalue weighted by Crippen LogP contribution is 2.16. The molecule has 0 unspecified atom stereocenters. The van der Waals surface area contributed by atoms with Crippen molar-refractivity contribution in [2.45, 2.75) is 19.8 Å². The number of amides is 2. The number of nitrogens with zero attached hydrogens (tertiary/aromatic N) is 1. The number of nitrogens with one attached hydrogen (secondary N) is 1. The summed E-state index contributed by atoms with van der Waals surface area (Å²) in [7, 11) is 3.32. The van der Waals surface area contributed by atoms with Crippen LogP contribution in [0.5, 0.6) is 11.5 Å². The molecular weight excluding hydrogens is 284 g/mol. The van der Waals surface area contributed by atoms with Crippen LogP contribution in [0.3, 0.4) is 0 Å². The largest absolute Gasteiger partial charge is 0.497 e. The molecule has 0 saturated heterocycles. The van der Waals surface area contributed by atoms with Crippen LogP contribution >= 0.6 is 0 Å². The highest BCUT2D eigenvalue weighted by atomic mass is 16.5. The highest BCUT2D eigenvalue weighted by molar-refractivity contribution is 5.85. The van der Waals surface area contributed by atoms with E-state index < -0.39 is 0 Å². The predicted molar refractivity (Wildman–Crippen MR) is 84.0 cm³/mol. The van der Waals surface area contributed by atoms with Crippen LogP contribution in [0.25, 0.3) is 0 Å². The molecule has 0 saturated carbocycles. The van der Waals surface area contributed by atoms with Gasteiger partial charge < -0.3 is 19.7 Å². The molecule has 0 radical (unpaired) electrons. The lowest BCUT2D eigenvalue weighted by Crippen LogP contribution is -2.40. The van der Waals surface area contributed by atoms with Crippen molar-refractivity contribution in [1.82, 2.24) is 10.2 Å². The molecule has 1 rings (SSSR count). The Kier molecular flexibility index (Phi) is 7.81. The first-order valence-corrected chi connectivity index (χ1v) is 7.34. The van der Waals surface area contributed by atoms with E-state index in [1.165, 1.54) is 0 Å². The number of unbranched alkanes of at least 4 members (excludes halogenated alkanes) is 1. The Morgan fingerprint density at radius 2 is 1.82 bits per heavy atom. The minimum atomic E-state index is -0.326. The van der Waals surface area contributed by atoms with Crippen LogP contribution in [0, 0.1) is 0 Å². The van der Waals surface area contributed by atoms with Crippen LogP contribution in [0.4, 0.5) is 0 Å². The van der Waals surface area contributed by atoms with Crippen molar-refractivity contribution in [2.24, 2.45) is 0 Å². The molecule has 1 aromatic carbocycles. The maximum Gasteiger partial charge on any atom is 0.258 e. The number of ether oxygens (including phenoxy) is 2. The zero-order chi connectivity index (χ0) is 16.4. The molecule has 0 aromatic heterocycles. The lowest BCUT2D eigenvalue weighted by molar-refractivity contribution is -0.132. The van der Waals surface area contributed by atoms with Crippen molar-refractivity contribution in [3.63, 3.8) is 0 Å². The van der Waals surface area contributed by atoms with E-state index in [0.29, 0.717) is 12.3 Å². The topological polar surface area (TPSA) is 67.9 Å². The SMILES string of the molecule is CCCCN(C)C(=O)CNC(=O)COc1ccc(OC)cc1. The molecule has 2 amide bonds. The molecule has 0 bridgehead atoms. The maximum atomic E-state index is 11.8. The second kappa shape index (κ2) is 9.65. The number of carbonyl (C=O) groups excluding carboxylic acids is 2. The Morgan fingerprint density at radius 1 is 1.18 bits per heavy atom. The van der Waals surface area contributed by atoms with E-state index in [1.807, 2.05) is 0 Å². The Morgan fingerprint density at radius 3 is 2.41 bits per heavy atom. The smallest absolute Gasteiger partial charge is 0.258 e. The van der Waals surface area contributed by atoms with Gasteiger partial charge in [0.25, 0.3) is 5.91 Å². The van der Waals surface area contributed by atoms with Gasteiger partial charge >= 0.3 is 0 Å². The summed E-state index contributed by atoms with van der Waals surface area (Å²) in [6.45, 7) is 2.63. The number of rotatable bonds is 9. The molecule has 1 aromatic rings. The van der Waals surface area contributed by atoms with Crippen LogP contribution in [0.2, 0.25) is 0 Å². The Balaban J connectivity index is 2.26. The molecule has 0 aliphatic carbocycles. The first kappa shape index (κ1) is 17.8. The van der Waals surface area contributed by atoms with Crippen LogP contribution in [-0.4, -0.2) is 50.6 Å². The van der Waals surface area contributed by atoms with Gasteiger partial charge in [-0.3, -0.25) is 9.59 Å². The van der Waals surface area contributed by atoms with Crippen molar-refractivity contribution in [2.75, 3.05) is 33.9 Å². The number of methoxy groups -OCH3 is 1. The van der Waals surface area contributed by atoms with Gasteiger partial charge in [-0.15, -0.1) is 0 Å². The lowest BCUT2D eigenvalue weighted by Gasteiger charge is -2.17. The zero-order valence-electron chi connectivity index (χ0n) is 13.4. The summed E-state index contributed by atoms with van der Waals surface area (Å²) in [5.41, 5.74) is 0. The standard InChI is InChI=1S/C16H24N2O4/c1-4-5-10-18(2)16(20)11-17-15(19)12-22-14-8-6-13(21-3)7-9-14/h6-9H,4-5,10-12H2,1-3H3,(H,17,19). The van der Waals surface area contributed by atoms with Crippen LogP contribution in [0.1, 0.15) is 19.8 Å². The van der Waals surface area contributed by atoms with Crippen LogP contribution in [-0.2, 0) is 9.59 Å². The third-order valence-corrected chi connectivity index (χ3v) is 3.14. The summed E-state index contributed by atoms with van der Waals surface area (Å²) in [6.07, 6.45) is 1.98. The van der Waals surface area contributed by atoms with Gasteiger partial charge in [0.05, 0.1) is 13.7 Å². The van der Waals surface area contributed by atoms with Gasteiger partial charge in [-0.1, -0.05) is 13.3 Å². The fourth-order valence-electron chi connectivity index (χ4n) is 1.70. The molecule has 0 spiro atoms. The Labute approximate surface area is 131 Å². The molecular formula is C16H24N2O4. The maximum absolute atomic E-state index is 11.8. The molecule has 6 heteroatoms. The molecule has 6 nitrogen and oxygen atoms in total. The average Bonchev–Trinajstić information content (AvgIpc) is 2.55. The van der Waals surface area contributed by atoms with Gasteiger partial charge in [-0.2, -0.15) is 0 Å². The summed E-state index contributed by atoms with van der Waals surface area (Å²) in [6, 6.07) is 6.94. The van der Waals surface area contributed by atoms with E-state index in [9.17, 15) is 9.59 Å². The first-order valence-electron chi connectivity index (χ1n) is 7.34. The van der Waals surface area contributed by atoms with Crippen molar-refractivity contribution >= 4 is 11.8 Å². The lowest BCUT2D eigenvalue weighted by atomic mass is 10.3. The van der Waals surface area contributed by atoms with Crippen LogP contribution < -0.4 is 14.8 Å². The van der Waals surface area contributed by atoms with Crippen molar-refractivity contribution in [1.29, 1.82) is 0 Å². The van der Waals surface area contributed by atoms with Crippen molar-refractivity contribution in [3.8, 4) is 11.5 Å². The molecule has 122 valence electrons. The van der Waals surface area contributed by atoms with Crippen molar-refractivity contribution in [3.05, 3.63) is 24.3 Å². The van der Waals surface area contributed by atoms with Gasteiger partial charge in [-0.05, 0) is 30.7 Å². The van der Waals surface area contributed by atoms with Crippen LogP contribution in [0.15, 0.2) is 24.3 Å². The van der Waals surface area contributed by atoms with Gasteiger partial charge in [-0.25, -0.2) is 0 Å². The van der Waals surface area contributed by atoms with E-state index in [4.69, 9.17) is 9.47 Å². The van der Waals surface area contributed by atoms with Crippen molar-refractivity contribution < 1.29 is 19.1 Å². The number of hydrogen-bond donors (Lipinski definition) is 1. The second-order valence-electron chi connectivity index (χ2n) is 4.91. The summed E-state index contributed by atoms with van der Waals surface area (Å²) >= 11 is 0. The number of benzene rings is 1. The molecule has 1 N–H and O–H groups in total. The average molecular weight is 308 g/mol. The van der Waals surface area contributed by atoms with E-state index in [1.54, 1.807) is 43.3 Å². The first-order chi connectivity index (χ1) is 10.6. The minimum Gasteiger partial charge on any atom is -0.497 e. The highest BCUT2D eigenvalue weighted by Gasteiger charge is 2.10. The van der Waals surface area contributed by atoms with Gasteiger partial charge in [0.1, 0.15) is 11.5 Å². The fourth-order valence-corrected chi connectivity index (χ4v) is 1.70. The fraction of sp³-hybridized carbons (Fsp3) is 0.500. The second-order valence-corrected chi connectivity index (χ2v) is 4.91. The van der Waals surface area contributed by atoms with E-state index >= 15 is 0 Å². The number of carbonyl (C=O) groups is 2. The molecule has 22 heavy (non-hydrogen) atoms. The van der Waals surface area contributed by atoms with Gasteiger partial charge in [0.2, 0.25) is 5.91 Å². The monoisotopic (exact) mass is 308 g/mol. The van der Waals surface area contributed by atoms with Gasteiger partial charge in [0.15, 0.2) is 6.61 Å². The van der Waals surface area contributed by atoms with Gasteiger partial charge in [0, 0.05) is 13.6 Å². The summed E-state index contributed by atoms with van der Waals surface area (Å²) in [5, 5.41) is 2.55. The summed E-state index contributed by atoms with van der Waals surface area (Å²) in [4.78, 5) is 25.0. The Hall–Kier alpha value is -2.24. The normalized spacial score (nSPS) is 9.95. The molecule has 0 atom stereocenters. The molecule has 0 aliphatic heterocycles. The number of likely N-dealkylation sites (N-methyl/N-ethyl adjacent to an activating group) is 1. The van der Waals surface area contributed by atoms with E-state index in [2.05, 4.69) is 12.2 Å². The zero-order valence-corrected chi connectivity index (χ0v) is 13.4. The quantitative estimate of drug-likeness (QED) is 0.750. The Bertz CT molecular complexity index is 474.